The first-order chi connectivity index (χ1) is 14.4. The summed E-state index contributed by atoms with van der Waals surface area (Å²) in [5.74, 6) is -0.773. The molecule has 0 saturated heterocycles. The van der Waals surface area contributed by atoms with Crippen molar-refractivity contribution in [2.45, 2.75) is 110 Å². The number of rotatable bonds is 14. The van der Waals surface area contributed by atoms with Crippen molar-refractivity contribution in [1.29, 1.82) is 0 Å². The number of aliphatic hydroxyl groups is 2. The fourth-order valence-corrected chi connectivity index (χ4v) is 3.72. The van der Waals surface area contributed by atoms with Crippen LogP contribution < -0.4 is 0 Å². The molecule has 0 fully saturated rings. The van der Waals surface area contributed by atoms with Crippen LogP contribution in [-0.2, 0) is 9.53 Å². The summed E-state index contributed by atoms with van der Waals surface area (Å²) >= 11 is 0. The molecule has 2 atom stereocenters. The normalized spacial score (nSPS) is 17.0. The van der Waals surface area contributed by atoms with Crippen LogP contribution in [0.1, 0.15) is 98.3 Å². The molecule has 0 aromatic rings. The summed E-state index contributed by atoms with van der Waals surface area (Å²) in [6.07, 6.45) is 16.4. The van der Waals surface area contributed by atoms with Gasteiger partial charge in [-0.3, -0.25) is 0 Å². The van der Waals surface area contributed by atoms with E-state index in [9.17, 15) is 15.0 Å². The van der Waals surface area contributed by atoms with Gasteiger partial charge >= 0.3 is 5.97 Å². The summed E-state index contributed by atoms with van der Waals surface area (Å²) in [5.41, 5.74) is 4.44. The average Bonchev–Trinajstić information content (AvgIpc) is 3.20. The first kappa shape index (κ1) is 26.4. The zero-order valence-electron chi connectivity index (χ0n) is 19.5. The third-order valence-electron chi connectivity index (χ3n) is 5.79. The molecule has 0 aromatic heterocycles. The molecule has 0 aromatic carbocycles. The van der Waals surface area contributed by atoms with Crippen LogP contribution in [0.5, 0.6) is 0 Å². The van der Waals surface area contributed by atoms with E-state index >= 15 is 0 Å². The molecule has 4 heteroatoms. The Morgan fingerprint density at radius 2 is 1.97 bits per heavy atom. The Balaban J connectivity index is 2.75. The van der Waals surface area contributed by atoms with Crippen LogP contribution in [0, 0.1) is 0 Å². The Morgan fingerprint density at radius 3 is 2.63 bits per heavy atom. The van der Waals surface area contributed by atoms with E-state index in [-0.39, 0.29) is 13.0 Å². The molecule has 0 aliphatic heterocycles. The molecule has 0 bridgehead atoms. The maximum atomic E-state index is 12.2. The van der Waals surface area contributed by atoms with Gasteiger partial charge in [0.1, 0.15) is 6.10 Å². The molecule has 30 heavy (non-hydrogen) atoms. The van der Waals surface area contributed by atoms with Crippen molar-refractivity contribution < 1.29 is 19.7 Å². The van der Waals surface area contributed by atoms with Crippen molar-refractivity contribution in [2.24, 2.45) is 0 Å². The van der Waals surface area contributed by atoms with Crippen LogP contribution in [0.25, 0.3) is 0 Å². The van der Waals surface area contributed by atoms with Crippen molar-refractivity contribution >= 4 is 5.97 Å². The van der Waals surface area contributed by atoms with Crippen LogP contribution in [-0.4, -0.2) is 34.5 Å². The van der Waals surface area contributed by atoms with Crippen molar-refractivity contribution in [2.75, 3.05) is 6.61 Å². The molecule has 0 radical (unpaired) electrons. The van der Waals surface area contributed by atoms with E-state index in [0.29, 0.717) is 12.0 Å². The number of unbranched alkanes of at least 4 members (excludes halogenated alkanes) is 4. The number of carbonyl (C=O) groups is 1. The second-order valence-electron chi connectivity index (χ2n) is 8.29. The Morgan fingerprint density at radius 1 is 1.20 bits per heavy atom. The molecule has 1 aliphatic carbocycles. The first-order valence-electron chi connectivity index (χ1n) is 11.8. The van der Waals surface area contributed by atoms with E-state index in [4.69, 9.17) is 4.74 Å². The van der Waals surface area contributed by atoms with Crippen molar-refractivity contribution in [1.82, 2.24) is 0 Å². The molecular weight excluding hydrogens is 376 g/mol. The largest absolute Gasteiger partial charge is 0.463 e. The zero-order valence-corrected chi connectivity index (χ0v) is 19.5. The van der Waals surface area contributed by atoms with Gasteiger partial charge in [0, 0.05) is 5.57 Å². The molecule has 0 amide bonds. The SMILES string of the molecule is CCCCCCC=CC1=C(CC=C=C(C)C(O)C(O)(CC)C(=O)OCCC)CCC1. The minimum Gasteiger partial charge on any atom is -0.463 e. The molecule has 2 unspecified atom stereocenters. The highest BCUT2D eigenvalue weighted by Gasteiger charge is 2.44. The fourth-order valence-electron chi connectivity index (χ4n) is 3.72. The van der Waals surface area contributed by atoms with Gasteiger partial charge in [-0.1, -0.05) is 57.8 Å². The van der Waals surface area contributed by atoms with Crippen LogP contribution in [0.3, 0.4) is 0 Å². The van der Waals surface area contributed by atoms with E-state index < -0.39 is 17.7 Å². The van der Waals surface area contributed by atoms with E-state index in [1.807, 2.05) is 13.0 Å². The number of hydrogen-bond acceptors (Lipinski definition) is 4. The topological polar surface area (TPSA) is 66.8 Å². The predicted molar refractivity (Wildman–Crippen MR) is 123 cm³/mol. The number of allylic oxidation sites excluding steroid dienone is 4. The van der Waals surface area contributed by atoms with E-state index in [1.165, 1.54) is 43.3 Å². The molecule has 1 rings (SSSR count). The fraction of sp³-hybridized carbons (Fsp3) is 0.692. The highest BCUT2D eigenvalue weighted by Crippen LogP contribution is 2.30. The van der Waals surface area contributed by atoms with Crippen LogP contribution in [0.15, 0.2) is 40.7 Å². The average molecular weight is 419 g/mol. The van der Waals surface area contributed by atoms with Gasteiger partial charge in [-0.2, -0.15) is 0 Å². The molecule has 1 aliphatic rings. The summed E-state index contributed by atoms with van der Waals surface area (Å²) < 4.78 is 5.07. The number of hydrogen-bond donors (Lipinski definition) is 2. The van der Waals surface area contributed by atoms with Gasteiger partial charge in [0.2, 0.25) is 0 Å². The van der Waals surface area contributed by atoms with Gasteiger partial charge < -0.3 is 14.9 Å². The summed E-state index contributed by atoms with van der Waals surface area (Å²) in [5, 5.41) is 21.2. The maximum Gasteiger partial charge on any atom is 0.341 e. The lowest BCUT2D eigenvalue weighted by molar-refractivity contribution is -0.176. The number of esters is 1. The monoisotopic (exact) mass is 418 g/mol. The second kappa shape index (κ2) is 14.4. The smallest absolute Gasteiger partial charge is 0.341 e. The van der Waals surface area contributed by atoms with Gasteiger partial charge in [0.15, 0.2) is 5.60 Å². The highest BCUT2D eigenvalue weighted by molar-refractivity contribution is 5.80. The van der Waals surface area contributed by atoms with E-state index in [0.717, 1.165) is 25.7 Å². The van der Waals surface area contributed by atoms with Crippen molar-refractivity contribution in [3.05, 3.63) is 40.7 Å². The first-order valence-corrected chi connectivity index (χ1v) is 11.8. The Hall–Kier alpha value is -1.61. The minimum atomic E-state index is -1.93. The number of aliphatic hydroxyl groups excluding tert-OH is 1. The maximum absolute atomic E-state index is 12.2. The van der Waals surface area contributed by atoms with Crippen LogP contribution in [0.4, 0.5) is 0 Å². The molecule has 170 valence electrons. The second-order valence-corrected chi connectivity index (χ2v) is 8.29. The van der Waals surface area contributed by atoms with Gasteiger partial charge in [-0.05, 0) is 69.9 Å². The Bertz CT molecular complexity index is 652. The van der Waals surface area contributed by atoms with Crippen LogP contribution in [0.2, 0.25) is 0 Å². The van der Waals surface area contributed by atoms with Gasteiger partial charge in [0.05, 0.1) is 6.61 Å². The van der Waals surface area contributed by atoms with Crippen molar-refractivity contribution in [3.63, 3.8) is 0 Å². The quantitative estimate of drug-likeness (QED) is 0.208. The Labute approximate surface area is 183 Å². The minimum absolute atomic E-state index is 0.0775. The molecule has 0 heterocycles. The zero-order chi connectivity index (χ0) is 22.4. The number of carbonyl (C=O) groups excluding carboxylic acids is 1. The van der Waals surface area contributed by atoms with Crippen LogP contribution >= 0.6 is 0 Å². The highest BCUT2D eigenvalue weighted by atomic mass is 16.6. The van der Waals surface area contributed by atoms with E-state index in [1.54, 1.807) is 13.8 Å². The van der Waals surface area contributed by atoms with Gasteiger partial charge in [-0.25, -0.2) is 4.79 Å². The summed E-state index contributed by atoms with van der Waals surface area (Å²) in [7, 11) is 0. The molecule has 2 N–H and O–H groups in total. The molecule has 0 spiro atoms. The summed E-state index contributed by atoms with van der Waals surface area (Å²) in [6.45, 7) is 7.70. The summed E-state index contributed by atoms with van der Waals surface area (Å²) in [6, 6.07) is 0. The lowest BCUT2D eigenvalue weighted by atomic mass is 9.89. The van der Waals surface area contributed by atoms with Gasteiger partial charge in [0.25, 0.3) is 0 Å². The lowest BCUT2D eigenvalue weighted by Gasteiger charge is -2.29. The molecule has 4 nitrogen and oxygen atoms in total. The third-order valence-corrected chi connectivity index (χ3v) is 5.79. The standard InChI is InChI=1S/C26H42O4/c1-5-8-9-10-11-12-16-22-18-14-19-23(22)17-13-15-21(4)24(27)26(29,7-3)25(28)30-20-6-2/h12-13,16,24,27,29H,5-11,14,17-20H2,1-4H3. The van der Waals surface area contributed by atoms with Crippen molar-refractivity contribution in [3.8, 4) is 0 Å². The number of ether oxygens (including phenoxy) is 1. The summed E-state index contributed by atoms with van der Waals surface area (Å²) in [4.78, 5) is 12.2. The third kappa shape index (κ3) is 8.26. The van der Waals surface area contributed by atoms with Gasteiger partial charge in [-0.15, -0.1) is 5.73 Å². The Kier molecular flexibility index (Phi) is 12.7. The molecule has 0 saturated carbocycles. The molecular formula is C26H42O4. The predicted octanol–water partition coefficient (Wildman–Crippen LogP) is 5.94. The van der Waals surface area contributed by atoms with E-state index in [2.05, 4.69) is 24.8 Å². The lowest BCUT2D eigenvalue weighted by Crippen LogP contribution is -2.50.